The van der Waals surface area contributed by atoms with Crippen LogP contribution in [0.25, 0.3) is 0 Å². The number of anilines is 2. The van der Waals surface area contributed by atoms with Crippen LogP contribution in [0, 0.1) is 0 Å². The highest BCUT2D eigenvalue weighted by Gasteiger charge is 2.31. The van der Waals surface area contributed by atoms with Gasteiger partial charge < -0.3 is 25.0 Å². The molecule has 0 bridgehead atoms. The molecule has 3 rings (SSSR count). The molecule has 0 aliphatic carbocycles. The molecule has 0 saturated carbocycles. The summed E-state index contributed by atoms with van der Waals surface area (Å²) in [5.41, 5.74) is 0.313. The van der Waals surface area contributed by atoms with E-state index in [0.717, 1.165) is 31.6 Å². The summed E-state index contributed by atoms with van der Waals surface area (Å²) in [6.45, 7) is 3.61. The van der Waals surface area contributed by atoms with Gasteiger partial charge in [-0.2, -0.15) is 13.2 Å². The Bertz CT molecular complexity index is 630. The fraction of sp³-hybridized carbons (Fsp3) is 0.588. The molecule has 9 heteroatoms. The average Bonchev–Trinajstić information content (AvgIpc) is 3.13. The first-order valence-corrected chi connectivity index (χ1v) is 9.05. The Kier molecular flexibility index (Phi) is 6.20. The van der Waals surface area contributed by atoms with Crippen molar-refractivity contribution < 1.29 is 22.6 Å². The molecular weight excluding hydrogens is 367 g/mol. The maximum atomic E-state index is 13.1. The molecule has 2 N–H and O–H groups in total. The third-order valence-electron chi connectivity index (χ3n) is 4.44. The highest BCUT2D eigenvalue weighted by Crippen LogP contribution is 2.35. The number of nitrogens with zero attached hydrogens (tertiary/aromatic N) is 1. The summed E-state index contributed by atoms with van der Waals surface area (Å²) in [7, 11) is 0. The molecule has 2 heterocycles. The number of morpholine rings is 1. The largest absolute Gasteiger partial charge is 0.416 e. The van der Waals surface area contributed by atoms with Crippen molar-refractivity contribution in [1.29, 1.82) is 0 Å². The Morgan fingerprint density at radius 1 is 1.23 bits per heavy atom. The zero-order valence-corrected chi connectivity index (χ0v) is 15.1. The van der Waals surface area contributed by atoms with Gasteiger partial charge in [-0.25, -0.2) is 0 Å². The minimum absolute atomic E-state index is 0.0926. The van der Waals surface area contributed by atoms with E-state index in [0.29, 0.717) is 44.2 Å². The summed E-state index contributed by atoms with van der Waals surface area (Å²) in [5, 5.41) is 6.25. The van der Waals surface area contributed by atoms with Gasteiger partial charge in [0, 0.05) is 26.2 Å². The van der Waals surface area contributed by atoms with Gasteiger partial charge in [0.15, 0.2) is 5.11 Å². The molecule has 0 amide bonds. The molecule has 2 saturated heterocycles. The fourth-order valence-corrected chi connectivity index (χ4v) is 3.26. The van der Waals surface area contributed by atoms with E-state index in [1.807, 2.05) is 4.90 Å². The van der Waals surface area contributed by atoms with Crippen LogP contribution in [-0.4, -0.2) is 50.7 Å². The highest BCUT2D eigenvalue weighted by atomic mass is 32.1. The number of nitrogens with one attached hydrogen (secondary N) is 2. The molecule has 0 radical (unpaired) electrons. The third kappa shape index (κ3) is 4.99. The van der Waals surface area contributed by atoms with Gasteiger partial charge in [-0.15, -0.1) is 0 Å². The van der Waals surface area contributed by atoms with E-state index in [4.69, 9.17) is 21.7 Å². The predicted octanol–water partition coefficient (Wildman–Crippen LogP) is 3.01. The molecule has 1 aromatic rings. The molecular formula is C17H22F3N3O2S. The van der Waals surface area contributed by atoms with E-state index in [9.17, 15) is 13.2 Å². The minimum atomic E-state index is -4.41. The summed E-state index contributed by atoms with van der Waals surface area (Å²) in [5.74, 6) is 0. The van der Waals surface area contributed by atoms with E-state index in [1.54, 1.807) is 0 Å². The monoisotopic (exact) mass is 389 g/mol. The van der Waals surface area contributed by atoms with Crippen molar-refractivity contribution in [2.24, 2.45) is 0 Å². The van der Waals surface area contributed by atoms with Crippen molar-refractivity contribution >= 4 is 28.7 Å². The second kappa shape index (κ2) is 8.41. The Balaban J connectivity index is 1.73. The average molecular weight is 389 g/mol. The molecule has 1 aromatic carbocycles. The number of rotatable bonds is 4. The zero-order valence-electron chi connectivity index (χ0n) is 14.3. The van der Waals surface area contributed by atoms with Gasteiger partial charge in [-0.05, 0) is 43.3 Å². The fourth-order valence-electron chi connectivity index (χ4n) is 3.07. The topological polar surface area (TPSA) is 45.8 Å². The second-order valence-electron chi connectivity index (χ2n) is 6.30. The van der Waals surface area contributed by atoms with Crippen molar-refractivity contribution in [3.63, 3.8) is 0 Å². The van der Waals surface area contributed by atoms with Crippen molar-refractivity contribution in [1.82, 2.24) is 5.32 Å². The van der Waals surface area contributed by atoms with Crippen LogP contribution in [0.4, 0.5) is 24.5 Å². The Hall–Kier alpha value is -1.58. The summed E-state index contributed by atoms with van der Waals surface area (Å²) < 4.78 is 50.2. The number of ether oxygens (including phenoxy) is 2. The number of benzene rings is 1. The number of thiocarbonyl (C=S) groups is 1. The van der Waals surface area contributed by atoms with E-state index >= 15 is 0 Å². The molecule has 0 aromatic heterocycles. The SMILES string of the molecule is FC(F)(F)c1ccc(N2CCOCC2)c(NC(=S)NCC2CCCO2)c1. The maximum absolute atomic E-state index is 13.1. The first-order valence-electron chi connectivity index (χ1n) is 8.64. The Morgan fingerprint density at radius 3 is 2.65 bits per heavy atom. The summed E-state index contributed by atoms with van der Waals surface area (Å²) in [4.78, 5) is 1.99. The Labute approximate surface area is 155 Å². The van der Waals surface area contributed by atoms with Crippen molar-refractivity contribution in [3.8, 4) is 0 Å². The summed E-state index contributed by atoms with van der Waals surface area (Å²) >= 11 is 5.27. The van der Waals surface area contributed by atoms with Crippen molar-refractivity contribution in [3.05, 3.63) is 23.8 Å². The maximum Gasteiger partial charge on any atom is 0.416 e. The van der Waals surface area contributed by atoms with Gasteiger partial charge in [-0.1, -0.05) is 0 Å². The van der Waals surface area contributed by atoms with Crippen LogP contribution in [0.3, 0.4) is 0 Å². The number of alkyl halides is 3. The first-order chi connectivity index (χ1) is 12.4. The van der Waals surface area contributed by atoms with Crippen molar-refractivity contribution in [2.75, 3.05) is 49.7 Å². The van der Waals surface area contributed by atoms with Crippen LogP contribution in [0.2, 0.25) is 0 Å². The summed E-state index contributed by atoms with van der Waals surface area (Å²) in [6, 6.07) is 3.68. The lowest BCUT2D eigenvalue weighted by Crippen LogP contribution is -2.38. The molecule has 1 unspecified atom stereocenters. The van der Waals surface area contributed by atoms with Crippen LogP contribution in [-0.2, 0) is 15.7 Å². The van der Waals surface area contributed by atoms with Crippen molar-refractivity contribution in [2.45, 2.75) is 25.1 Å². The quantitative estimate of drug-likeness (QED) is 0.772. The predicted molar refractivity (Wildman–Crippen MR) is 97.7 cm³/mol. The molecule has 26 heavy (non-hydrogen) atoms. The lowest BCUT2D eigenvalue weighted by Gasteiger charge is -2.31. The van der Waals surface area contributed by atoms with Gasteiger partial charge in [0.2, 0.25) is 0 Å². The van der Waals surface area contributed by atoms with Crippen LogP contribution in [0.5, 0.6) is 0 Å². The van der Waals surface area contributed by atoms with Gasteiger partial charge in [0.05, 0.1) is 36.3 Å². The van der Waals surface area contributed by atoms with Crippen LogP contribution >= 0.6 is 12.2 Å². The smallest absolute Gasteiger partial charge is 0.378 e. The normalized spacial score (nSPS) is 20.9. The zero-order chi connectivity index (χ0) is 18.6. The van der Waals surface area contributed by atoms with E-state index in [-0.39, 0.29) is 11.2 Å². The molecule has 2 aliphatic heterocycles. The van der Waals surface area contributed by atoms with Crippen LogP contribution in [0.15, 0.2) is 18.2 Å². The third-order valence-corrected chi connectivity index (χ3v) is 4.68. The molecule has 1 atom stereocenters. The van der Waals surface area contributed by atoms with Gasteiger partial charge in [0.1, 0.15) is 0 Å². The number of hydrogen-bond donors (Lipinski definition) is 2. The lowest BCUT2D eigenvalue weighted by atomic mass is 10.1. The lowest BCUT2D eigenvalue weighted by molar-refractivity contribution is -0.137. The molecule has 2 aliphatic rings. The highest BCUT2D eigenvalue weighted by molar-refractivity contribution is 7.80. The molecule has 0 spiro atoms. The second-order valence-corrected chi connectivity index (χ2v) is 6.71. The molecule has 144 valence electrons. The minimum Gasteiger partial charge on any atom is -0.378 e. The van der Waals surface area contributed by atoms with Gasteiger partial charge in [-0.3, -0.25) is 0 Å². The molecule has 2 fully saturated rings. The van der Waals surface area contributed by atoms with Crippen LogP contribution in [0.1, 0.15) is 18.4 Å². The van der Waals surface area contributed by atoms with Gasteiger partial charge in [0.25, 0.3) is 0 Å². The number of halogens is 3. The van der Waals surface area contributed by atoms with E-state index < -0.39 is 11.7 Å². The Morgan fingerprint density at radius 2 is 2.00 bits per heavy atom. The van der Waals surface area contributed by atoms with Crippen LogP contribution < -0.4 is 15.5 Å². The van der Waals surface area contributed by atoms with E-state index in [2.05, 4.69) is 10.6 Å². The van der Waals surface area contributed by atoms with E-state index in [1.165, 1.54) is 6.07 Å². The number of hydrogen-bond acceptors (Lipinski definition) is 4. The van der Waals surface area contributed by atoms with Gasteiger partial charge >= 0.3 is 6.18 Å². The molecule has 5 nitrogen and oxygen atoms in total. The standard InChI is InChI=1S/C17H22F3N3O2S/c18-17(19,20)12-3-4-15(23-5-8-24-9-6-23)14(10-12)22-16(26)21-11-13-2-1-7-25-13/h3-4,10,13H,1-2,5-9,11H2,(H2,21,22,26). The first kappa shape index (κ1) is 19.2. The summed E-state index contributed by atoms with van der Waals surface area (Å²) in [6.07, 6.45) is -2.35.